The van der Waals surface area contributed by atoms with Gasteiger partial charge in [0.25, 0.3) is 0 Å². The first kappa shape index (κ1) is 19.0. The summed E-state index contributed by atoms with van der Waals surface area (Å²) < 4.78 is 10.5. The van der Waals surface area contributed by atoms with Gasteiger partial charge in [-0.3, -0.25) is 9.59 Å². The van der Waals surface area contributed by atoms with Crippen LogP contribution in [0.2, 0.25) is 0 Å². The third-order valence-corrected chi connectivity index (χ3v) is 4.31. The van der Waals surface area contributed by atoms with Crippen molar-refractivity contribution >= 4 is 28.8 Å². The molecule has 0 fully saturated rings. The van der Waals surface area contributed by atoms with E-state index in [2.05, 4.69) is 10.6 Å². The van der Waals surface area contributed by atoms with Crippen LogP contribution in [0.15, 0.2) is 41.8 Å². The Bertz CT molecular complexity index is 688. The van der Waals surface area contributed by atoms with Gasteiger partial charge in [-0.25, -0.2) is 0 Å². The van der Waals surface area contributed by atoms with E-state index in [0.717, 1.165) is 4.88 Å². The molecule has 0 radical (unpaired) electrons. The van der Waals surface area contributed by atoms with Gasteiger partial charge in [-0.15, -0.1) is 11.3 Å². The molecule has 0 aliphatic heterocycles. The fourth-order valence-corrected chi connectivity index (χ4v) is 3.04. The van der Waals surface area contributed by atoms with E-state index < -0.39 is 0 Å². The van der Waals surface area contributed by atoms with Crippen molar-refractivity contribution in [1.29, 1.82) is 0 Å². The number of nitrogens with one attached hydrogen (secondary N) is 2. The van der Waals surface area contributed by atoms with Crippen molar-refractivity contribution in [3.05, 3.63) is 46.7 Å². The Labute approximate surface area is 151 Å². The normalized spacial score (nSPS) is 11.6. The Kier molecular flexibility index (Phi) is 7.43. The van der Waals surface area contributed by atoms with E-state index in [0.29, 0.717) is 24.7 Å². The summed E-state index contributed by atoms with van der Waals surface area (Å²) >= 11 is 1.51. The second-order valence-electron chi connectivity index (χ2n) is 5.39. The smallest absolute Gasteiger partial charge is 0.226 e. The van der Waals surface area contributed by atoms with Crippen LogP contribution in [0.1, 0.15) is 24.3 Å². The fraction of sp³-hybridized carbons (Fsp3) is 0.333. The third-order valence-electron chi connectivity index (χ3n) is 3.33. The fourth-order valence-electron chi connectivity index (χ4n) is 2.26. The first-order chi connectivity index (χ1) is 12.1. The number of carbonyl (C=O) groups excluding carboxylic acids is 2. The van der Waals surface area contributed by atoms with Crippen LogP contribution in [-0.2, 0) is 14.3 Å². The zero-order valence-corrected chi connectivity index (χ0v) is 15.1. The Hall–Kier alpha value is -2.38. The summed E-state index contributed by atoms with van der Waals surface area (Å²) in [5, 5.41) is 7.58. The highest BCUT2D eigenvalue weighted by atomic mass is 32.1. The van der Waals surface area contributed by atoms with Crippen molar-refractivity contribution in [3.63, 3.8) is 0 Å². The largest absolute Gasteiger partial charge is 0.491 e. The van der Waals surface area contributed by atoms with Gasteiger partial charge in [0.15, 0.2) is 0 Å². The quantitative estimate of drug-likeness (QED) is 0.673. The van der Waals surface area contributed by atoms with E-state index in [-0.39, 0.29) is 24.3 Å². The Morgan fingerprint density at radius 2 is 2.04 bits per heavy atom. The first-order valence-corrected chi connectivity index (χ1v) is 8.78. The molecule has 0 aliphatic carbocycles. The first-order valence-electron chi connectivity index (χ1n) is 7.90. The minimum absolute atomic E-state index is 0.162. The lowest BCUT2D eigenvalue weighted by Crippen LogP contribution is -2.29. The van der Waals surface area contributed by atoms with Crippen LogP contribution in [0.5, 0.6) is 5.75 Å². The van der Waals surface area contributed by atoms with Gasteiger partial charge in [-0.2, -0.15) is 0 Å². The molecule has 0 saturated heterocycles. The summed E-state index contributed by atoms with van der Waals surface area (Å²) in [6, 6.07) is 10.6. The molecule has 1 aromatic carbocycles. The lowest BCUT2D eigenvalue weighted by Gasteiger charge is -2.16. The number of hydrogen-bond acceptors (Lipinski definition) is 5. The maximum absolute atomic E-state index is 12.4. The van der Waals surface area contributed by atoms with E-state index in [1.165, 1.54) is 18.3 Å². The van der Waals surface area contributed by atoms with Gasteiger partial charge in [-0.1, -0.05) is 12.1 Å². The van der Waals surface area contributed by atoms with Crippen LogP contribution in [0.3, 0.4) is 0 Å². The monoisotopic (exact) mass is 362 g/mol. The van der Waals surface area contributed by atoms with Crippen molar-refractivity contribution in [3.8, 4) is 5.75 Å². The molecular weight excluding hydrogens is 340 g/mol. The highest BCUT2D eigenvalue weighted by Crippen LogP contribution is 2.23. The highest BCUT2D eigenvalue weighted by molar-refractivity contribution is 7.10. The zero-order chi connectivity index (χ0) is 18.1. The van der Waals surface area contributed by atoms with Crippen LogP contribution in [0.25, 0.3) is 0 Å². The molecule has 2 N–H and O–H groups in total. The average molecular weight is 362 g/mol. The van der Waals surface area contributed by atoms with Crippen molar-refractivity contribution in [2.45, 2.75) is 19.4 Å². The van der Waals surface area contributed by atoms with Crippen LogP contribution >= 0.6 is 11.3 Å². The van der Waals surface area contributed by atoms with Crippen molar-refractivity contribution in [1.82, 2.24) is 5.32 Å². The predicted octanol–water partition coefficient (Wildman–Crippen LogP) is 2.98. The molecule has 2 rings (SSSR count). The zero-order valence-electron chi connectivity index (χ0n) is 14.3. The number of hydrogen-bond donors (Lipinski definition) is 2. The summed E-state index contributed by atoms with van der Waals surface area (Å²) in [6.45, 7) is 2.38. The van der Waals surface area contributed by atoms with Gasteiger partial charge in [0.1, 0.15) is 12.4 Å². The summed E-state index contributed by atoms with van der Waals surface area (Å²) in [6.07, 6.45) is 0.162. The molecule has 2 amide bonds. The molecule has 0 saturated carbocycles. The van der Waals surface area contributed by atoms with Crippen LogP contribution in [0.4, 0.5) is 5.69 Å². The van der Waals surface area contributed by atoms with Crippen molar-refractivity contribution in [2.24, 2.45) is 0 Å². The molecule has 1 heterocycles. The van der Waals surface area contributed by atoms with Gasteiger partial charge < -0.3 is 20.1 Å². The molecule has 6 nitrogen and oxygen atoms in total. The number of amides is 2. The van der Waals surface area contributed by atoms with Crippen LogP contribution < -0.4 is 15.4 Å². The van der Waals surface area contributed by atoms with Crippen molar-refractivity contribution < 1.29 is 19.1 Å². The number of carbonyl (C=O) groups is 2. The number of anilines is 1. The van der Waals surface area contributed by atoms with Gasteiger partial charge in [0.05, 0.1) is 19.1 Å². The molecule has 2 aromatic rings. The molecule has 134 valence electrons. The number of methoxy groups -OCH3 is 1. The molecule has 1 atom stereocenters. The number of benzene rings is 1. The number of thiophene rings is 1. The predicted molar refractivity (Wildman–Crippen MR) is 97.9 cm³/mol. The molecular formula is C18H22N2O4S. The van der Waals surface area contributed by atoms with E-state index in [1.807, 2.05) is 29.6 Å². The second-order valence-corrected chi connectivity index (χ2v) is 6.37. The maximum Gasteiger partial charge on any atom is 0.226 e. The Morgan fingerprint density at radius 1 is 1.20 bits per heavy atom. The van der Waals surface area contributed by atoms with Gasteiger partial charge in [-0.05, 0) is 23.6 Å². The van der Waals surface area contributed by atoms with E-state index in [4.69, 9.17) is 9.47 Å². The molecule has 7 heteroatoms. The Morgan fingerprint density at radius 3 is 2.72 bits per heavy atom. The van der Waals surface area contributed by atoms with E-state index in [1.54, 1.807) is 19.2 Å². The van der Waals surface area contributed by atoms with E-state index in [9.17, 15) is 9.59 Å². The van der Waals surface area contributed by atoms with Crippen molar-refractivity contribution in [2.75, 3.05) is 25.6 Å². The molecule has 0 aliphatic rings. The summed E-state index contributed by atoms with van der Waals surface area (Å²) in [5.41, 5.74) is 0.646. The van der Waals surface area contributed by atoms with Gasteiger partial charge >= 0.3 is 0 Å². The standard InChI is InChI=1S/C18H22N2O4S/c1-13(21)19-16(17-7-4-10-25-17)12-18(22)20-14-5-3-6-15(11-14)24-9-8-23-2/h3-7,10-11,16H,8-9,12H2,1-2H3,(H,19,21)(H,20,22). The minimum atomic E-state index is -0.335. The molecule has 25 heavy (non-hydrogen) atoms. The lowest BCUT2D eigenvalue weighted by atomic mass is 10.1. The molecule has 0 spiro atoms. The average Bonchev–Trinajstić information content (AvgIpc) is 3.09. The maximum atomic E-state index is 12.4. The Balaban J connectivity index is 1.96. The summed E-state index contributed by atoms with van der Waals surface area (Å²) in [5.74, 6) is 0.312. The van der Waals surface area contributed by atoms with Gasteiger partial charge in [0, 0.05) is 30.7 Å². The van der Waals surface area contributed by atoms with E-state index >= 15 is 0 Å². The topological polar surface area (TPSA) is 76.7 Å². The third kappa shape index (κ3) is 6.56. The van der Waals surface area contributed by atoms with Crippen LogP contribution in [0, 0.1) is 0 Å². The second kappa shape index (κ2) is 9.80. The summed E-state index contributed by atoms with van der Waals surface area (Å²) in [7, 11) is 1.61. The minimum Gasteiger partial charge on any atom is -0.491 e. The lowest BCUT2D eigenvalue weighted by molar-refractivity contribution is -0.120. The summed E-state index contributed by atoms with van der Waals surface area (Å²) in [4.78, 5) is 24.7. The molecule has 1 aromatic heterocycles. The van der Waals surface area contributed by atoms with Crippen LogP contribution in [-0.4, -0.2) is 32.1 Å². The highest BCUT2D eigenvalue weighted by Gasteiger charge is 2.18. The SMILES string of the molecule is COCCOc1cccc(NC(=O)CC(NC(C)=O)c2cccs2)c1. The molecule has 0 bridgehead atoms. The van der Waals surface area contributed by atoms with Gasteiger partial charge in [0.2, 0.25) is 11.8 Å². The molecule has 1 unspecified atom stereocenters. The number of ether oxygens (including phenoxy) is 2. The number of rotatable bonds is 9.